The predicted molar refractivity (Wildman–Crippen MR) is 85.3 cm³/mol. The fourth-order valence-corrected chi connectivity index (χ4v) is 2.94. The average molecular weight is 401 g/mol. The number of piperazine rings is 1. The third kappa shape index (κ3) is 4.53. The molecule has 1 aromatic rings. The molecule has 19 heavy (non-hydrogen) atoms. The van der Waals surface area contributed by atoms with Gasteiger partial charge in [0.05, 0.1) is 0 Å². The zero-order valence-corrected chi connectivity index (χ0v) is 13.6. The summed E-state index contributed by atoms with van der Waals surface area (Å²) in [5.41, 5.74) is 0.706. The Morgan fingerprint density at radius 2 is 2.05 bits per heavy atom. The summed E-state index contributed by atoms with van der Waals surface area (Å²) in [6, 6.07) is 5.15. The van der Waals surface area contributed by atoms with Crippen molar-refractivity contribution in [1.29, 1.82) is 0 Å². The van der Waals surface area contributed by atoms with Gasteiger partial charge in [0.25, 0.3) is 0 Å². The van der Waals surface area contributed by atoms with Crippen molar-refractivity contribution >= 4 is 35.0 Å². The number of hydrogen-bond donors (Lipinski definition) is 2. The molecular weight excluding hydrogens is 382 g/mol. The minimum absolute atomic E-state index is 0. The maximum Gasteiger partial charge on any atom is 0.128 e. The highest BCUT2D eigenvalue weighted by Gasteiger charge is 2.24. The number of halogens is 3. The van der Waals surface area contributed by atoms with Gasteiger partial charge in [0.15, 0.2) is 0 Å². The number of nitrogens with zero attached hydrogens (tertiary/aromatic N) is 1. The number of aliphatic hydroxyl groups excluding tert-OH is 1. The van der Waals surface area contributed by atoms with E-state index in [0.717, 1.165) is 29.7 Å². The zero-order valence-electron chi connectivity index (χ0n) is 10.6. The minimum Gasteiger partial charge on any atom is -0.396 e. The van der Waals surface area contributed by atoms with Crippen LogP contribution < -0.4 is 5.32 Å². The Kier molecular flexibility index (Phi) is 7.53. The molecule has 1 fully saturated rings. The molecule has 0 amide bonds. The zero-order chi connectivity index (χ0) is 13.0. The highest BCUT2D eigenvalue weighted by atomic mass is 127. The van der Waals surface area contributed by atoms with Crippen molar-refractivity contribution in [3.8, 4) is 0 Å². The molecule has 2 N–H and O–H groups in total. The SMILES string of the molecule is Cl.OCC[C@@H](c1cc(I)ccc1F)N1CCNCC1. The van der Waals surface area contributed by atoms with Crippen molar-refractivity contribution in [2.75, 3.05) is 32.8 Å². The van der Waals surface area contributed by atoms with Crippen LogP contribution in [0.4, 0.5) is 4.39 Å². The first-order valence-corrected chi connectivity index (χ1v) is 7.31. The van der Waals surface area contributed by atoms with Gasteiger partial charge in [-0.1, -0.05) is 0 Å². The Labute approximate surface area is 133 Å². The van der Waals surface area contributed by atoms with Crippen molar-refractivity contribution in [2.24, 2.45) is 0 Å². The molecule has 1 aliphatic heterocycles. The van der Waals surface area contributed by atoms with Crippen molar-refractivity contribution in [3.63, 3.8) is 0 Å². The Morgan fingerprint density at radius 3 is 2.68 bits per heavy atom. The van der Waals surface area contributed by atoms with Gasteiger partial charge in [-0.2, -0.15) is 0 Å². The van der Waals surface area contributed by atoms with Crippen molar-refractivity contribution in [2.45, 2.75) is 12.5 Å². The molecular formula is C13H19ClFIN2O. The van der Waals surface area contributed by atoms with Crippen molar-refractivity contribution < 1.29 is 9.50 Å². The molecule has 0 unspecified atom stereocenters. The summed E-state index contributed by atoms with van der Waals surface area (Å²) in [5, 5.41) is 12.5. The van der Waals surface area contributed by atoms with Gasteiger partial charge in [0.2, 0.25) is 0 Å². The van der Waals surface area contributed by atoms with Gasteiger partial charge in [0, 0.05) is 48.0 Å². The molecule has 2 rings (SSSR count). The Morgan fingerprint density at radius 1 is 1.37 bits per heavy atom. The average Bonchev–Trinajstić information content (AvgIpc) is 2.40. The molecule has 1 heterocycles. The Balaban J connectivity index is 0.00000180. The third-order valence-electron chi connectivity index (χ3n) is 3.31. The van der Waals surface area contributed by atoms with Gasteiger partial charge in [-0.15, -0.1) is 12.4 Å². The van der Waals surface area contributed by atoms with E-state index in [0.29, 0.717) is 12.0 Å². The fraction of sp³-hybridized carbons (Fsp3) is 0.538. The molecule has 0 spiro atoms. The van der Waals surface area contributed by atoms with E-state index in [1.165, 1.54) is 6.07 Å². The van der Waals surface area contributed by atoms with Crippen LogP contribution in [0.2, 0.25) is 0 Å². The van der Waals surface area contributed by atoms with Gasteiger partial charge < -0.3 is 10.4 Å². The van der Waals surface area contributed by atoms with E-state index in [1.54, 1.807) is 6.07 Å². The number of rotatable bonds is 4. The van der Waals surface area contributed by atoms with Crippen LogP contribution in [-0.4, -0.2) is 42.8 Å². The summed E-state index contributed by atoms with van der Waals surface area (Å²) >= 11 is 2.19. The first-order valence-electron chi connectivity index (χ1n) is 6.23. The molecule has 1 aliphatic rings. The van der Waals surface area contributed by atoms with Gasteiger partial charge >= 0.3 is 0 Å². The fourth-order valence-electron chi connectivity index (χ4n) is 2.42. The number of hydrogen-bond acceptors (Lipinski definition) is 3. The highest BCUT2D eigenvalue weighted by molar-refractivity contribution is 14.1. The Bertz CT molecular complexity index is 402. The second-order valence-electron chi connectivity index (χ2n) is 4.48. The lowest BCUT2D eigenvalue weighted by Crippen LogP contribution is -2.45. The molecule has 6 heteroatoms. The molecule has 0 aliphatic carbocycles. The van der Waals surface area contributed by atoms with Crippen LogP contribution in [0.25, 0.3) is 0 Å². The van der Waals surface area contributed by atoms with E-state index in [2.05, 4.69) is 32.8 Å². The number of benzene rings is 1. The summed E-state index contributed by atoms with van der Waals surface area (Å²) in [5.74, 6) is -0.174. The highest BCUT2D eigenvalue weighted by Crippen LogP contribution is 2.28. The van der Waals surface area contributed by atoms with E-state index in [-0.39, 0.29) is 30.9 Å². The third-order valence-corrected chi connectivity index (χ3v) is 3.98. The lowest BCUT2D eigenvalue weighted by molar-refractivity contribution is 0.138. The van der Waals surface area contributed by atoms with Gasteiger partial charge in [0.1, 0.15) is 5.82 Å². The molecule has 1 saturated heterocycles. The van der Waals surface area contributed by atoms with Crippen LogP contribution in [0.1, 0.15) is 18.0 Å². The van der Waals surface area contributed by atoms with E-state index in [1.807, 2.05) is 6.07 Å². The maximum atomic E-state index is 14.0. The quantitative estimate of drug-likeness (QED) is 0.761. The number of nitrogens with one attached hydrogen (secondary N) is 1. The summed E-state index contributed by atoms with van der Waals surface area (Å²) in [4.78, 5) is 2.25. The van der Waals surface area contributed by atoms with Crippen LogP contribution in [0.5, 0.6) is 0 Å². The topological polar surface area (TPSA) is 35.5 Å². The maximum absolute atomic E-state index is 14.0. The summed E-state index contributed by atoms with van der Waals surface area (Å²) in [7, 11) is 0. The van der Waals surface area contributed by atoms with Crippen LogP contribution in [0.3, 0.4) is 0 Å². The molecule has 1 atom stereocenters. The van der Waals surface area contributed by atoms with Crippen molar-refractivity contribution in [1.82, 2.24) is 10.2 Å². The first-order chi connectivity index (χ1) is 8.72. The van der Waals surface area contributed by atoms with Crippen LogP contribution in [-0.2, 0) is 0 Å². The number of aliphatic hydroxyl groups is 1. The van der Waals surface area contributed by atoms with Crippen LogP contribution in [0.15, 0.2) is 18.2 Å². The van der Waals surface area contributed by atoms with E-state index >= 15 is 0 Å². The van der Waals surface area contributed by atoms with Gasteiger partial charge in [-0.25, -0.2) is 4.39 Å². The lowest BCUT2D eigenvalue weighted by atomic mass is 10.0. The normalized spacial score (nSPS) is 17.8. The van der Waals surface area contributed by atoms with E-state index in [9.17, 15) is 9.50 Å². The summed E-state index contributed by atoms with van der Waals surface area (Å²) < 4.78 is 15.0. The largest absolute Gasteiger partial charge is 0.396 e. The molecule has 0 saturated carbocycles. The van der Waals surface area contributed by atoms with Gasteiger partial charge in [-0.05, 0) is 47.2 Å². The van der Waals surface area contributed by atoms with Crippen LogP contribution in [0, 0.1) is 9.39 Å². The van der Waals surface area contributed by atoms with Gasteiger partial charge in [-0.3, -0.25) is 4.90 Å². The molecule has 0 aromatic heterocycles. The first kappa shape index (κ1) is 17.1. The smallest absolute Gasteiger partial charge is 0.128 e. The second kappa shape index (κ2) is 8.36. The van der Waals surface area contributed by atoms with E-state index in [4.69, 9.17) is 0 Å². The van der Waals surface area contributed by atoms with Crippen molar-refractivity contribution in [3.05, 3.63) is 33.1 Å². The molecule has 0 radical (unpaired) electrons. The summed E-state index contributed by atoms with van der Waals surface area (Å²) in [6.07, 6.45) is 0.580. The predicted octanol–water partition coefficient (Wildman–Crippen LogP) is 2.18. The Hall–Kier alpha value is 0.0500. The molecule has 108 valence electrons. The minimum atomic E-state index is -0.174. The van der Waals surface area contributed by atoms with Crippen LogP contribution >= 0.6 is 35.0 Å². The molecule has 1 aromatic carbocycles. The summed E-state index contributed by atoms with van der Waals surface area (Å²) in [6.45, 7) is 3.73. The lowest BCUT2D eigenvalue weighted by Gasteiger charge is -2.35. The standard InChI is InChI=1S/C13H18FIN2O.ClH/c14-12-2-1-10(15)9-11(12)13(3-8-18)17-6-4-16-5-7-17;/h1-2,9,13,16,18H,3-8H2;1H/t13-;/m0./s1. The van der Waals surface area contributed by atoms with E-state index < -0.39 is 0 Å². The second-order valence-corrected chi connectivity index (χ2v) is 5.73. The molecule has 3 nitrogen and oxygen atoms in total. The monoisotopic (exact) mass is 400 g/mol. The molecule has 0 bridgehead atoms.